The van der Waals surface area contributed by atoms with Crippen molar-refractivity contribution in [2.45, 2.75) is 0 Å². The van der Waals surface area contributed by atoms with Crippen LogP contribution in [0.2, 0.25) is 5.02 Å². The number of aliphatic imine (C=N–C) groups is 1. The summed E-state index contributed by atoms with van der Waals surface area (Å²) in [6.45, 7) is 0.957. The third kappa shape index (κ3) is 3.33. The van der Waals surface area contributed by atoms with Gasteiger partial charge >= 0.3 is 0 Å². The van der Waals surface area contributed by atoms with E-state index in [9.17, 15) is 0 Å². The molecule has 1 aromatic rings. The van der Waals surface area contributed by atoms with E-state index in [1.807, 2.05) is 36.0 Å². The molecule has 5 heteroatoms. The molecule has 0 atom stereocenters. The Bertz CT molecular complexity index is 368. The fourth-order valence-electron chi connectivity index (χ4n) is 1.18. The van der Waals surface area contributed by atoms with Gasteiger partial charge in [0.1, 0.15) is 4.38 Å². The minimum atomic E-state index is 0.763. The van der Waals surface area contributed by atoms with Crippen LogP contribution >= 0.6 is 35.1 Å². The average molecular weight is 259 g/mol. The molecule has 0 aliphatic carbocycles. The van der Waals surface area contributed by atoms with Crippen LogP contribution in [-0.2, 0) is 0 Å². The summed E-state index contributed by atoms with van der Waals surface area (Å²) in [4.78, 5) is 4.36. The largest absolute Gasteiger partial charge is 0.374 e. The van der Waals surface area contributed by atoms with E-state index < -0.39 is 0 Å². The molecule has 1 aliphatic heterocycles. The molecule has 0 fully saturated rings. The summed E-state index contributed by atoms with van der Waals surface area (Å²) in [7, 11) is 0. The molecule has 0 bridgehead atoms. The Labute approximate surface area is 103 Å². The number of rotatable bonds is 3. The van der Waals surface area contributed by atoms with Crippen LogP contribution in [0, 0.1) is 0 Å². The molecule has 0 unspecified atom stereocenters. The van der Waals surface area contributed by atoms with Gasteiger partial charge in [-0.3, -0.25) is 4.99 Å². The van der Waals surface area contributed by atoms with Crippen LogP contribution in [0.3, 0.4) is 0 Å². The summed E-state index contributed by atoms with van der Waals surface area (Å²) in [5, 5.41) is 4.04. The van der Waals surface area contributed by atoms with Crippen molar-refractivity contribution in [1.29, 1.82) is 0 Å². The molecule has 0 saturated carbocycles. The molecule has 80 valence electrons. The average Bonchev–Trinajstić information content (AvgIpc) is 2.74. The van der Waals surface area contributed by atoms with Crippen LogP contribution in [0.25, 0.3) is 0 Å². The molecule has 1 heterocycles. The highest BCUT2D eigenvalue weighted by Crippen LogP contribution is 2.24. The Morgan fingerprint density at radius 1 is 1.47 bits per heavy atom. The number of para-hydroxylation sites is 1. The van der Waals surface area contributed by atoms with E-state index >= 15 is 0 Å². The van der Waals surface area contributed by atoms with Crippen LogP contribution in [0.15, 0.2) is 29.3 Å². The first-order valence-electron chi connectivity index (χ1n) is 4.65. The number of nitrogens with one attached hydrogen (secondary N) is 1. The number of hydrogen-bond acceptors (Lipinski definition) is 4. The number of nitrogens with zero attached hydrogens (tertiary/aromatic N) is 1. The summed E-state index contributed by atoms with van der Waals surface area (Å²) in [6, 6.07) is 7.77. The van der Waals surface area contributed by atoms with Gasteiger partial charge in [0.05, 0.1) is 23.1 Å². The van der Waals surface area contributed by atoms with Crippen LogP contribution in [0.1, 0.15) is 0 Å². The molecular weight excluding hydrogens is 248 g/mol. The van der Waals surface area contributed by atoms with Gasteiger partial charge in [0.15, 0.2) is 0 Å². The second-order valence-electron chi connectivity index (χ2n) is 2.94. The summed E-state index contributed by atoms with van der Waals surface area (Å²) < 4.78 is 1.18. The molecule has 2 nitrogen and oxygen atoms in total. The third-order valence-electron chi connectivity index (χ3n) is 1.89. The first-order chi connectivity index (χ1) is 7.36. The van der Waals surface area contributed by atoms with Crippen LogP contribution in [0.5, 0.6) is 0 Å². The molecule has 0 amide bonds. The predicted octanol–water partition coefficient (Wildman–Crippen LogP) is 3.55. The smallest absolute Gasteiger partial charge is 0.126 e. The zero-order valence-electron chi connectivity index (χ0n) is 8.07. The normalized spacial score (nSPS) is 15.1. The van der Waals surface area contributed by atoms with Crippen molar-refractivity contribution in [3.05, 3.63) is 29.3 Å². The lowest BCUT2D eigenvalue weighted by Gasteiger charge is -2.06. The van der Waals surface area contributed by atoms with Gasteiger partial charge in [-0.15, -0.1) is 0 Å². The van der Waals surface area contributed by atoms with Gasteiger partial charge in [0, 0.05) is 5.75 Å². The highest BCUT2D eigenvalue weighted by Gasteiger charge is 2.07. The minimum Gasteiger partial charge on any atom is -0.374 e. The fraction of sp³-hybridized carbons (Fsp3) is 0.300. The van der Waals surface area contributed by atoms with E-state index in [4.69, 9.17) is 11.6 Å². The summed E-state index contributed by atoms with van der Waals surface area (Å²) in [6.07, 6.45) is 0. The lowest BCUT2D eigenvalue weighted by atomic mass is 10.3. The molecule has 1 aromatic carbocycles. The maximum absolute atomic E-state index is 6.01. The Kier molecular flexibility index (Phi) is 4.23. The zero-order valence-corrected chi connectivity index (χ0v) is 10.5. The van der Waals surface area contributed by atoms with Crippen molar-refractivity contribution < 1.29 is 0 Å². The van der Waals surface area contributed by atoms with Gasteiger partial charge in [-0.2, -0.15) is 0 Å². The molecule has 1 N–H and O–H groups in total. The molecule has 1 aliphatic rings. The van der Waals surface area contributed by atoms with Crippen molar-refractivity contribution in [1.82, 2.24) is 0 Å². The molecular formula is C10H11ClN2S2. The standard InChI is InChI=1S/C10H11ClN2S2/c11-8-3-1-2-4-9(8)13-7-15-10-12-5-6-14-10/h1-4,13H,5-7H2. The molecule has 2 rings (SSSR count). The summed E-state index contributed by atoms with van der Waals surface area (Å²) in [5.41, 5.74) is 0.982. The Morgan fingerprint density at radius 2 is 2.33 bits per heavy atom. The van der Waals surface area contributed by atoms with Gasteiger partial charge in [-0.25, -0.2) is 0 Å². The quantitative estimate of drug-likeness (QED) is 0.840. The van der Waals surface area contributed by atoms with Crippen molar-refractivity contribution in [3.63, 3.8) is 0 Å². The zero-order chi connectivity index (χ0) is 10.5. The first-order valence-corrected chi connectivity index (χ1v) is 6.99. The fourth-order valence-corrected chi connectivity index (χ4v) is 3.22. The second kappa shape index (κ2) is 5.68. The van der Waals surface area contributed by atoms with Crippen molar-refractivity contribution in [3.8, 4) is 0 Å². The van der Waals surface area contributed by atoms with Crippen molar-refractivity contribution >= 4 is 45.2 Å². The second-order valence-corrected chi connectivity index (χ2v) is 5.65. The highest BCUT2D eigenvalue weighted by molar-refractivity contribution is 8.39. The van der Waals surface area contributed by atoms with Crippen molar-refractivity contribution in [2.24, 2.45) is 4.99 Å². The number of halogens is 1. The Balaban J connectivity index is 1.80. The first kappa shape index (κ1) is 11.2. The SMILES string of the molecule is Clc1ccccc1NCSC1=NCCS1. The van der Waals surface area contributed by atoms with Gasteiger partial charge in [-0.05, 0) is 12.1 Å². The summed E-state index contributed by atoms with van der Waals surface area (Å²) in [5.74, 6) is 1.93. The van der Waals surface area contributed by atoms with Crippen LogP contribution in [-0.4, -0.2) is 22.6 Å². The van der Waals surface area contributed by atoms with Gasteiger partial charge < -0.3 is 5.32 Å². The predicted molar refractivity (Wildman–Crippen MR) is 72.3 cm³/mol. The van der Waals surface area contributed by atoms with Gasteiger partial charge in [-0.1, -0.05) is 47.3 Å². The van der Waals surface area contributed by atoms with E-state index in [0.717, 1.165) is 28.9 Å². The number of thioether (sulfide) groups is 2. The van der Waals surface area contributed by atoms with E-state index in [2.05, 4.69) is 10.3 Å². The molecule has 0 saturated heterocycles. The van der Waals surface area contributed by atoms with E-state index in [1.165, 1.54) is 4.38 Å². The van der Waals surface area contributed by atoms with Gasteiger partial charge in [0.25, 0.3) is 0 Å². The van der Waals surface area contributed by atoms with E-state index in [-0.39, 0.29) is 0 Å². The third-order valence-corrected chi connectivity index (χ3v) is 4.35. The molecule has 0 aromatic heterocycles. The molecule has 0 radical (unpaired) electrons. The maximum Gasteiger partial charge on any atom is 0.126 e. The number of anilines is 1. The number of hydrogen-bond donors (Lipinski definition) is 1. The lowest BCUT2D eigenvalue weighted by Crippen LogP contribution is -1.99. The van der Waals surface area contributed by atoms with E-state index in [0.29, 0.717) is 0 Å². The minimum absolute atomic E-state index is 0.763. The Hall–Kier alpha value is -0.320. The van der Waals surface area contributed by atoms with Crippen LogP contribution < -0.4 is 5.32 Å². The highest BCUT2D eigenvalue weighted by atomic mass is 35.5. The topological polar surface area (TPSA) is 24.4 Å². The Morgan fingerprint density at radius 3 is 3.07 bits per heavy atom. The summed E-state index contributed by atoms with van der Waals surface area (Å²) >= 11 is 9.56. The number of benzene rings is 1. The maximum atomic E-state index is 6.01. The van der Waals surface area contributed by atoms with Gasteiger partial charge in [0.2, 0.25) is 0 Å². The van der Waals surface area contributed by atoms with Crippen molar-refractivity contribution in [2.75, 3.05) is 23.5 Å². The molecule has 15 heavy (non-hydrogen) atoms. The lowest BCUT2D eigenvalue weighted by molar-refractivity contribution is 1.18. The van der Waals surface area contributed by atoms with E-state index in [1.54, 1.807) is 11.8 Å². The molecule has 0 spiro atoms. The monoisotopic (exact) mass is 258 g/mol. The van der Waals surface area contributed by atoms with Crippen LogP contribution in [0.4, 0.5) is 5.69 Å².